The molecule has 0 atom stereocenters. The van der Waals surface area contributed by atoms with Crippen LogP contribution in [-0.4, -0.2) is 36.5 Å². The van der Waals surface area contributed by atoms with Gasteiger partial charge in [-0.25, -0.2) is 0 Å². The number of nitrogens with zero attached hydrogens (tertiary/aromatic N) is 1. The summed E-state index contributed by atoms with van der Waals surface area (Å²) in [6, 6.07) is 7.57. The number of aryl methyl sites for hydroxylation is 1. The number of furan rings is 1. The molecule has 0 aliphatic carbocycles. The third-order valence-corrected chi connectivity index (χ3v) is 3.46. The Kier molecular flexibility index (Phi) is 5.25. The number of nitrogens with two attached hydrogens (primary N) is 1. The summed E-state index contributed by atoms with van der Waals surface area (Å²) in [6.07, 6.45) is 2.46. The van der Waals surface area contributed by atoms with Crippen LogP contribution in [-0.2, 0) is 6.42 Å². The molecule has 21 heavy (non-hydrogen) atoms. The first kappa shape index (κ1) is 15.4. The minimum Gasteiger partial charge on any atom is -0.469 e. The predicted molar refractivity (Wildman–Crippen MR) is 84.3 cm³/mol. The second-order valence-electron chi connectivity index (χ2n) is 4.82. The largest absolute Gasteiger partial charge is 0.469 e. The van der Waals surface area contributed by atoms with E-state index in [0.717, 1.165) is 29.0 Å². The highest BCUT2D eigenvalue weighted by Crippen LogP contribution is 2.35. The van der Waals surface area contributed by atoms with E-state index in [-0.39, 0.29) is 13.2 Å². The van der Waals surface area contributed by atoms with Crippen molar-refractivity contribution >= 4 is 11.4 Å². The number of aliphatic hydroxyl groups excluding tert-OH is 2. The highest BCUT2D eigenvalue weighted by molar-refractivity contribution is 5.82. The van der Waals surface area contributed by atoms with Gasteiger partial charge in [-0.15, -0.1) is 0 Å². The molecule has 2 aromatic rings. The number of hydrogen-bond donors (Lipinski definition) is 3. The molecule has 4 N–H and O–H groups in total. The monoisotopic (exact) mass is 290 g/mol. The van der Waals surface area contributed by atoms with E-state index >= 15 is 0 Å². The van der Waals surface area contributed by atoms with Gasteiger partial charge in [0.05, 0.1) is 19.5 Å². The molecule has 0 saturated carbocycles. The maximum absolute atomic E-state index is 9.23. The van der Waals surface area contributed by atoms with Gasteiger partial charge >= 0.3 is 0 Å². The third kappa shape index (κ3) is 3.37. The average molecular weight is 290 g/mol. The number of aliphatic hydroxyl groups is 2. The summed E-state index contributed by atoms with van der Waals surface area (Å²) in [6.45, 7) is 2.99. The lowest BCUT2D eigenvalue weighted by Crippen LogP contribution is -2.30. The Morgan fingerprint density at radius 2 is 1.81 bits per heavy atom. The summed E-state index contributed by atoms with van der Waals surface area (Å²) >= 11 is 0. The molecule has 1 heterocycles. The maximum Gasteiger partial charge on any atom is 0.111 e. The van der Waals surface area contributed by atoms with Crippen LogP contribution in [0.3, 0.4) is 0 Å². The predicted octanol–water partition coefficient (Wildman–Crippen LogP) is 1.88. The van der Waals surface area contributed by atoms with Crippen molar-refractivity contribution in [1.82, 2.24) is 0 Å². The van der Waals surface area contributed by atoms with Crippen molar-refractivity contribution in [3.63, 3.8) is 0 Å². The Labute approximate surface area is 124 Å². The molecule has 0 bridgehead atoms. The van der Waals surface area contributed by atoms with Crippen LogP contribution in [0.25, 0.3) is 11.1 Å². The molecule has 1 aromatic carbocycles. The standard InChI is InChI=1S/C16H22N2O3/c1-2-16-13(5-10-21-16)14-11-12(17)3-4-15(14)18(6-8-19)7-9-20/h3-5,10-11,19-20H,2,6-9,17H2,1H3. The lowest BCUT2D eigenvalue weighted by atomic mass is 10.0. The van der Waals surface area contributed by atoms with Gasteiger partial charge in [0.25, 0.3) is 0 Å². The van der Waals surface area contributed by atoms with Gasteiger partial charge < -0.3 is 25.3 Å². The zero-order valence-electron chi connectivity index (χ0n) is 12.2. The normalized spacial score (nSPS) is 10.8. The molecule has 2 rings (SSSR count). The molecule has 5 nitrogen and oxygen atoms in total. The quantitative estimate of drug-likeness (QED) is 0.678. The van der Waals surface area contributed by atoms with Gasteiger partial charge in [-0.1, -0.05) is 6.92 Å². The Morgan fingerprint density at radius 3 is 2.43 bits per heavy atom. The number of rotatable bonds is 7. The smallest absolute Gasteiger partial charge is 0.111 e. The van der Waals surface area contributed by atoms with E-state index in [4.69, 9.17) is 10.2 Å². The number of anilines is 2. The highest BCUT2D eigenvalue weighted by Gasteiger charge is 2.16. The van der Waals surface area contributed by atoms with Crippen LogP contribution in [0.1, 0.15) is 12.7 Å². The Hall–Kier alpha value is -1.98. The van der Waals surface area contributed by atoms with E-state index in [1.165, 1.54) is 0 Å². The third-order valence-electron chi connectivity index (χ3n) is 3.46. The fourth-order valence-corrected chi connectivity index (χ4v) is 2.49. The van der Waals surface area contributed by atoms with Crippen LogP contribution >= 0.6 is 0 Å². The van der Waals surface area contributed by atoms with E-state index in [9.17, 15) is 10.2 Å². The van der Waals surface area contributed by atoms with Crippen molar-refractivity contribution in [2.45, 2.75) is 13.3 Å². The first-order valence-corrected chi connectivity index (χ1v) is 7.14. The van der Waals surface area contributed by atoms with E-state index in [0.29, 0.717) is 18.8 Å². The van der Waals surface area contributed by atoms with Gasteiger partial charge in [0.2, 0.25) is 0 Å². The summed E-state index contributed by atoms with van der Waals surface area (Å²) in [5.74, 6) is 0.898. The Morgan fingerprint density at radius 1 is 1.10 bits per heavy atom. The van der Waals surface area contributed by atoms with Crippen LogP contribution < -0.4 is 10.6 Å². The molecular weight excluding hydrogens is 268 g/mol. The fourth-order valence-electron chi connectivity index (χ4n) is 2.49. The van der Waals surface area contributed by atoms with Gasteiger partial charge in [-0.05, 0) is 24.3 Å². The van der Waals surface area contributed by atoms with Crippen LogP contribution in [0.2, 0.25) is 0 Å². The van der Waals surface area contributed by atoms with Crippen LogP contribution in [0.4, 0.5) is 11.4 Å². The molecule has 5 heteroatoms. The minimum absolute atomic E-state index is 0.0236. The summed E-state index contributed by atoms with van der Waals surface area (Å²) in [5, 5.41) is 18.5. The van der Waals surface area contributed by atoms with Crippen molar-refractivity contribution < 1.29 is 14.6 Å². The summed E-state index contributed by atoms with van der Waals surface area (Å²) in [7, 11) is 0. The van der Waals surface area contributed by atoms with Gasteiger partial charge in [-0.2, -0.15) is 0 Å². The van der Waals surface area contributed by atoms with Crippen molar-refractivity contribution in [3.8, 4) is 11.1 Å². The lowest BCUT2D eigenvalue weighted by molar-refractivity contribution is 0.281. The topological polar surface area (TPSA) is 82.9 Å². The maximum atomic E-state index is 9.23. The molecule has 0 spiro atoms. The first-order valence-electron chi connectivity index (χ1n) is 7.14. The van der Waals surface area contributed by atoms with E-state index in [1.807, 2.05) is 36.1 Å². The SMILES string of the molecule is CCc1occc1-c1cc(N)ccc1N(CCO)CCO. The van der Waals surface area contributed by atoms with E-state index in [2.05, 4.69) is 0 Å². The van der Waals surface area contributed by atoms with Gasteiger partial charge in [0, 0.05) is 42.0 Å². The number of hydrogen-bond acceptors (Lipinski definition) is 5. The highest BCUT2D eigenvalue weighted by atomic mass is 16.3. The Balaban J connectivity index is 2.51. The van der Waals surface area contributed by atoms with Gasteiger partial charge in [-0.3, -0.25) is 0 Å². The molecule has 0 unspecified atom stereocenters. The molecule has 0 aliphatic heterocycles. The minimum atomic E-state index is 0.0236. The van der Waals surface area contributed by atoms with Crippen molar-refractivity contribution in [3.05, 3.63) is 36.3 Å². The molecule has 0 radical (unpaired) electrons. The summed E-state index contributed by atoms with van der Waals surface area (Å²) in [4.78, 5) is 1.95. The molecular formula is C16H22N2O3. The zero-order chi connectivity index (χ0) is 15.2. The van der Waals surface area contributed by atoms with Crippen LogP contribution in [0.15, 0.2) is 34.9 Å². The van der Waals surface area contributed by atoms with Crippen molar-refractivity contribution in [2.75, 3.05) is 36.9 Å². The second kappa shape index (κ2) is 7.15. The molecule has 0 amide bonds. The van der Waals surface area contributed by atoms with Crippen LogP contribution in [0, 0.1) is 0 Å². The van der Waals surface area contributed by atoms with Crippen molar-refractivity contribution in [2.24, 2.45) is 0 Å². The molecule has 0 aliphatic rings. The molecule has 114 valence electrons. The molecule has 0 saturated heterocycles. The molecule has 1 aromatic heterocycles. The Bertz CT molecular complexity index is 575. The number of benzene rings is 1. The summed E-state index contributed by atoms with van der Waals surface area (Å²) in [5.41, 5.74) is 9.49. The van der Waals surface area contributed by atoms with E-state index in [1.54, 1.807) is 6.26 Å². The first-order chi connectivity index (χ1) is 10.2. The summed E-state index contributed by atoms with van der Waals surface area (Å²) < 4.78 is 5.50. The number of nitrogen functional groups attached to an aromatic ring is 1. The zero-order valence-corrected chi connectivity index (χ0v) is 12.2. The lowest BCUT2D eigenvalue weighted by Gasteiger charge is -2.26. The average Bonchev–Trinajstić information content (AvgIpc) is 2.95. The fraction of sp³-hybridized carbons (Fsp3) is 0.375. The van der Waals surface area contributed by atoms with Gasteiger partial charge in [0.15, 0.2) is 0 Å². The van der Waals surface area contributed by atoms with Gasteiger partial charge in [0.1, 0.15) is 5.76 Å². The van der Waals surface area contributed by atoms with Crippen LogP contribution in [0.5, 0.6) is 0 Å². The van der Waals surface area contributed by atoms with Crippen molar-refractivity contribution in [1.29, 1.82) is 0 Å². The molecule has 0 fully saturated rings. The second-order valence-corrected chi connectivity index (χ2v) is 4.82. The van der Waals surface area contributed by atoms with E-state index < -0.39 is 0 Å².